The largest absolute Gasteiger partial charge is 0.277 e. The highest BCUT2D eigenvalue weighted by Gasteiger charge is 2.33. The summed E-state index contributed by atoms with van der Waals surface area (Å²) in [5.74, 6) is -0.369. The van der Waals surface area contributed by atoms with E-state index in [0.717, 1.165) is 4.90 Å². The lowest BCUT2D eigenvalue weighted by Gasteiger charge is -2.02. The zero-order valence-corrected chi connectivity index (χ0v) is 6.64. The summed E-state index contributed by atoms with van der Waals surface area (Å²) in [6.07, 6.45) is 0. The molecule has 0 unspecified atom stereocenters. The average molecular weight is 167 g/mol. The normalized spacial score (nSPS) is 15.9. The minimum absolute atomic E-state index is 0.181. The molecule has 0 N–H and O–H groups in total. The Morgan fingerprint density at radius 1 is 1.36 bits per heavy atom. The Balaban J connectivity index is 2.65. The molecule has 0 fully saturated rings. The summed E-state index contributed by atoms with van der Waals surface area (Å²) in [6, 6.07) is 1.68. The molecule has 1 aromatic heterocycles. The fourth-order valence-corrected chi connectivity index (χ4v) is 1.93. The zero-order chi connectivity index (χ0) is 8.01. The van der Waals surface area contributed by atoms with E-state index >= 15 is 0 Å². The molecule has 0 saturated heterocycles. The van der Waals surface area contributed by atoms with E-state index in [4.69, 9.17) is 0 Å². The highest BCUT2D eigenvalue weighted by Crippen LogP contribution is 2.25. The van der Waals surface area contributed by atoms with E-state index in [1.165, 1.54) is 18.4 Å². The molecule has 0 spiro atoms. The molecule has 2 heterocycles. The van der Waals surface area contributed by atoms with Gasteiger partial charge in [-0.2, -0.15) is 0 Å². The van der Waals surface area contributed by atoms with E-state index in [1.807, 2.05) is 0 Å². The molecule has 4 heteroatoms. The van der Waals surface area contributed by atoms with Crippen molar-refractivity contribution in [2.75, 3.05) is 7.05 Å². The third-order valence-electron chi connectivity index (χ3n) is 1.70. The SMILES string of the molecule is CN1C(=O)c2ccsc2C1=O. The Bertz CT molecular complexity index is 311. The second-order valence-electron chi connectivity index (χ2n) is 2.33. The van der Waals surface area contributed by atoms with E-state index in [-0.39, 0.29) is 11.8 Å². The van der Waals surface area contributed by atoms with Crippen LogP contribution >= 0.6 is 11.3 Å². The third kappa shape index (κ3) is 0.670. The van der Waals surface area contributed by atoms with Crippen molar-refractivity contribution in [2.45, 2.75) is 0 Å². The third-order valence-corrected chi connectivity index (χ3v) is 2.60. The first-order valence-corrected chi connectivity index (χ1v) is 3.99. The van der Waals surface area contributed by atoms with Crippen molar-refractivity contribution in [2.24, 2.45) is 0 Å². The Kier molecular flexibility index (Phi) is 1.14. The van der Waals surface area contributed by atoms with Crippen LogP contribution in [-0.4, -0.2) is 23.8 Å². The van der Waals surface area contributed by atoms with Crippen LogP contribution in [0.5, 0.6) is 0 Å². The van der Waals surface area contributed by atoms with Crippen LogP contribution in [0.2, 0.25) is 0 Å². The van der Waals surface area contributed by atoms with Crippen LogP contribution < -0.4 is 0 Å². The molecule has 1 aromatic rings. The van der Waals surface area contributed by atoms with Gasteiger partial charge in [-0.15, -0.1) is 11.3 Å². The first-order chi connectivity index (χ1) is 5.22. The van der Waals surface area contributed by atoms with E-state index in [2.05, 4.69) is 0 Å². The second kappa shape index (κ2) is 1.92. The van der Waals surface area contributed by atoms with Gasteiger partial charge in [0.1, 0.15) is 4.88 Å². The van der Waals surface area contributed by atoms with Gasteiger partial charge in [-0.3, -0.25) is 14.5 Å². The number of carbonyl (C=O) groups excluding carboxylic acids is 2. The molecule has 0 saturated carbocycles. The molecule has 56 valence electrons. The van der Waals surface area contributed by atoms with Crippen LogP contribution in [0.15, 0.2) is 11.4 Å². The molecular formula is C7H5NO2S. The number of hydrogen-bond donors (Lipinski definition) is 0. The number of imide groups is 1. The van der Waals surface area contributed by atoms with Gasteiger partial charge in [-0.1, -0.05) is 0 Å². The minimum atomic E-state index is -0.189. The number of carbonyl (C=O) groups is 2. The van der Waals surface area contributed by atoms with Crippen molar-refractivity contribution in [1.29, 1.82) is 0 Å². The zero-order valence-electron chi connectivity index (χ0n) is 5.83. The molecule has 11 heavy (non-hydrogen) atoms. The number of hydrogen-bond acceptors (Lipinski definition) is 3. The van der Waals surface area contributed by atoms with Gasteiger partial charge in [-0.25, -0.2) is 0 Å². The topological polar surface area (TPSA) is 37.4 Å². The van der Waals surface area contributed by atoms with Gasteiger partial charge in [0, 0.05) is 7.05 Å². The lowest BCUT2D eigenvalue weighted by Crippen LogP contribution is -2.24. The summed E-state index contributed by atoms with van der Waals surface area (Å²) < 4.78 is 0. The number of rotatable bonds is 0. The Morgan fingerprint density at radius 3 is 2.73 bits per heavy atom. The number of thiophene rings is 1. The van der Waals surface area contributed by atoms with Crippen molar-refractivity contribution in [1.82, 2.24) is 4.90 Å². The predicted octanol–water partition coefficient (Wildman–Crippen LogP) is 0.974. The number of amides is 2. The van der Waals surface area contributed by atoms with Crippen molar-refractivity contribution < 1.29 is 9.59 Å². The van der Waals surface area contributed by atoms with Crippen LogP contribution in [0.4, 0.5) is 0 Å². The van der Waals surface area contributed by atoms with Gasteiger partial charge in [0.2, 0.25) is 0 Å². The summed E-state index contributed by atoms with van der Waals surface area (Å²) >= 11 is 1.32. The fraction of sp³-hybridized carbons (Fsp3) is 0.143. The Morgan fingerprint density at radius 2 is 2.09 bits per heavy atom. The standard InChI is InChI=1S/C7H5NO2S/c1-8-6(9)4-2-3-11-5(4)7(8)10/h2-3H,1H3. The Labute approximate surface area is 67.2 Å². The van der Waals surface area contributed by atoms with Crippen LogP contribution in [0.3, 0.4) is 0 Å². The molecule has 0 aromatic carbocycles. The van der Waals surface area contributed by atoms with Crippen LogP contribution in [0.1, 0.15) is 20.0 Å². The summed E-state index contributed by atoms with van der Waals surface area (Å²) in [5.41, 5.74) is 0.544. The van der Waals surface area contributed by atoms with Gasteiger partial charge >= 0.3 is 0 Å². The molecule has 0 radical (unpaired) electrons. The molecule has 2 rings (SSSR count). The van der Waals surface area contributed by atoms with E-state index < -0.39 is 0 Å². The molecule has 1 aliphatic rings. The summed E-state index contributed by atoms with van der Waals surface area (Å²) in [6.45, 7) is 0. The van der Waals surface area contributed by atoms with Crippen molar-refractivity contribution >= 4 is 23.2 Å². The predicted molar refractivity (Wildman–Crippen MR) is 40.7 cm³/mol. The highest BCUT2D eigenvalue weighted by atomic mass is 32.1. The second-order valence-corrected chi connectivity index (χ2v) is 3.25. The van der Waals surface area contributed by atoms with Gasteiger partial charge in [0.25, 0.3) is 11.8 Å². The first kappa shape index (κ1) is 6.54. The van der Waals surface area contributed by atoms with Crippen molar-refractivity contribution in [3.63, 3.8) is 0 Å². The van der Waals surface area contributed by atoms with Gasteiger partial charge in [0.05, 0.1) is 5.56 Å². The molecule has 3 nitrogen and oxygen atoms in total. The monoisotopic (exact) mass is 167 g/mol. The molecule has 2 amide bonds. The number of fused-ring (bicyclic) bond motifs is 1. The first-order valence-electron chi connectivity index (χ1n) is 3.11. The molecule has 0 aliphatic carbocycles. The summed E-state index contributed by atoms with van der Waals surface area (Å²) in [4.78, 5) is 24.1. The highest BCUT2D eigenvalue weighted by molar-refractivity contribution is 7.12. The van der Waals surface area contributed by atoms with E-state index in [9.17, 15) is 9.59 Å². The van der Waals surface area contributed by atoms with Gasteiger partial charge in [-0.05, 0) is 11.4 Å². The van der Waals surface area contributed by atoms with Gasteiger partial charge in [0.15, 0.2) is 0 Å². The maximum atomic E-state index is 11.2. The quantitative estimate of drug-likeness (QED) is 0.540. The summed E-state index contributed by atoms with van der Waals surface area (Å²) in [7, 11) is 1.50. The molecule has 0 atom stereocenters. The van der Waals surface area contributed by atoms with Gasteiger partial charge < -0.3 is 0 Å². The van der Waals surface area contributed by atoms with E-state index in [1.54, 1.807) is 11.4 Å². The summed E-state index contributed by atoms with van der Waals surface area (Å²) in [5, 5.41) is 1.76. The average Bonchev–Trinajstić information content (AvgIpc) is 2.53. The Hall–Kier alpha value is -1.16. The molecule has 1 aliphatic heterocycles. The minimum Gasteiger partial charge on any atom is -0.277 e. The molecule has 0 bridgehead atoms. The van der Waals surface area contributed by atoms with Crippen LogP contribution in [-0.2, 0) is 0 Å². The maximum Gasteiger partial charge on any atom is 0.271 e. The lowest BCUT2D eigenvalue weighted by atomic mass is 10.3. The molecular weight excluding hydrogens is 162 g/mol. The maximum absolute atomic E-state index is 11.2. The van der Waals surface area contributed by atoms with Crippen LogP contribution in [0, 0.1) is 0 Å². The van der Waals surface area contributed by atoms with Crippen molar-refractivity contribution in [3.05, 3.63) is 21.9 Å². The fourth-order valence-electron chi connectivity index (χ4n) is 1.07. The lowest BCUT2D eigenvalue weighted by molar-refractivity contribution is 0.0694. The van der Waals surface area contributed by atoms with E-state index in [0.29, 0.717) is 10.4 Å². The smallest absolute Gasteiger partial charge is 0.271 e. The van der Waals surface area contributed by atoms with Crippen molar-refractivity contribution in [3.8, 4) is 0 Å². The number of nitrogens with zero attached hydrogens (tertiary/aromatic N) is 1. The van der Waals surface area contributed by atoms with Crippen LogP contribution in [0.25, 0.3) is 0 Å².